The normalized spacial score (nSPS) is 11.9. The maximum Gasteiger partial charge on any atom is 0.409 e. The number of ether oxygens (including phenoxy) is 1. The summed E-state index contributed by atoms with van der Waals surface area (Å²) in [6, 6.07) is 17.4. The lowest BCUT2D eigenvalue weighted by Crippen LogP contribution is -2.28. The molecule has 2 aromatic rings. The summed E-state index contributed by atoms with van der Waals surface area (Å²) in [7, 11) is 0. The first kappa shape index (κ1) is 18.0. The monoisotopic (exact) mass is 328 g/mol. The molecule has 0 saturated heterocycles. The van der Waals surface area contributed by atoms with Crippen molar-refractivity contribution >= 4 is 6.09 Å². The van der Waals surface area contributed by atoms with Gasteiger partial charge in [0.15, 0.2) is 0 Å². The molecule has 0 aromatic heterocycles. The second kappa shape index (κ2) is 9.70. The lowest BCUT2D eigenvalue weighted by molar-refractivity contribution is 0.162. The van der Waals surface area contributed by atoms with Crippen molar-refractivity contribution in [1.82, 2.24) is 5.32 Å². The predicted molar refractivity (Wildman–Crippen MR) is 94.0 cm³/mol. The molecule has 0 unspecified atom stereocenters. The van der Waals surface area contributed by atoms with Gasteiger partial charge in [0.2, 0.25) is 0 Å². The van der Waals surface area contributed by atoms with E-state index in [9.17, 15) is 9.90 Å². The Morgan fingerprint density at radius 1 is 1.04 bits per heavy atom. The van der Waals surface area contributed by atoms with E-state index >= 15 is 0 Å². The summed E-state index contributed by atoms with van der Waals surface area (Å²) in [6.45, 7) is 1.36. The Balaban J connectivity index is 1.61. The Labute approximate surface area is 142 Å². The molecule has 0 spiro atoms. The first-order chi connectivity index (χ1) is 11.6. The van der Waals surface area contributed by atoms with Gasteiger partial charge in [-0.2, -0.15) is 0 Å². The average Bonchev–Trinajstić information content (AvgIpc) is 2.59. The highest BCUT2D eigenvalue weighted by atomic mass is 16.5. The van der Waals surface area contributed by atoms with E-state index in [1.54, 1.807) is 12.1 Å². The molecule has 0 aliphatic carbocycles. The van der Waals surface area contributed by atoms with E-state index < -0.39 is 6.09 Å². The molecule has 1 amide bonds. The van der Waals surface area contributed by atoms with Gasteiger partial charge in [0.25, 0.3) is 0 Å². The van der Waals surface area contributed by atoms with Crippen LogP contribution in [0.3, 0.4) is 0 Å². The zero-order valence-electron chi connectivity index (χ0n) is 13.7. The minimum absolute atomic E-state index is 0.350. The third-order valence-electron chi connectivity index (χ3n) is 3.72. The number of benzene rings is 2. The first-order valence-electron chi connectivity index (χ1n) is 8.12. The second-order valence-corrected chi connectivity index (χ2v) is 5.70. The number of nitrogens with two attached hydrogens (primary N) is 1. The van der Waals surface area contributed by atoms with E-state index in [1.165, 1.54) is 5.56 Å². The topological polar surface area (TPSA) is 84.6 Å². The van der Waals surface area contributed by atoms with Crippen molar-refractivity contribution < 1.29 is 14.6 Å². The number of aliphatic hydroxyl groups is 1. The molecule has 0 aliphatic rings. The zero-order chi connectivity index (χ0) is 17.2. The average molecular weight is 328 g/mol. The quantitative estimate of drug-likeness (QED) is 0.617. The third kappa shape index (κ3) is 6.81. The van der Waals surface area contributed by atoms with Crippen molar-refractivity contribution in [3.63, 3.8) is 0 Å². The van der Waals surface area contributed by atoms with Crippen LogP contribution in [0.25, 0.3) is 0 Å². The maximum absolute atomic E-state index is 10.6. The predicted octanol–water partition coefficient (Wildman–Crippen LogP) is 2.27. The number of rotatable bonds is 9. The van der Waals surface area contributed by atoms with Crippen molar-refractivity contribution in [3.8, 4) is 5.75 Å². The van der Waals surface area contributed by atoms with Crippen LogP contribution in [0.1, 0.15) is 17.5 Å². The van der Waals surface area contributed by atoms with Crippen LogP contribution in [-0.4, -0.2) is 30.4 Å². The van der Waals surface area contributed by atoms with Crippen LogP contribution in [0.15, 0.2) is 54.6 Å². The molecule has 0 radical (unpaired) electrons. The number of nitrogens with one attached hydrogen (secondary N) is 1. The molecular formula is C19H24N2O3. The van der Waals surface area contributed by atoms with Gasteiger partial charge in [0.05, 0.1) is 6.10 Å². The molecule has 2 rings (SSSR count). The van der Waals surface area contributed by atoms with Crippen molar-refractivity contribution in [2.24, 2.45) is 5.73 Å². The van der Waals surface area contributed by atoms with Crippen LogP contribution in [0, 0.1) is 0 Å². The van der Waals surface area contributed by atoms with E-state index in [-0.39, 0.29) is 6.10 Å². The SMILES string of the molecule is NC(=O)Oc1ccc(CCNC[C@H](O)CCc2ccccc2)cc1. The molecule has 0 fully saturated rings. The van der Waals surface area contributed by atoms with E-state index in [2.05, 4.69) is 17.4 Å². The van der Waals surface area contributed by atoms with E-state index in [0.29, 0.717) is 12.3 Å². The first-order valence-corrected chi connectivity index (χ1v) is 8.12. The third-order valence-corrected chi connectivity index (χ3v) is 3.72. The fourth-order valence-corrected chi connectivity index (χ4v) is 2.42. The van der Waals surface area contributed by atoms with Gasteiger partial charge < -0.3 is 20.9 Å². The Bertz CT molecular complexity index is 614. The van der Waals surface area contributed by atoms with E-state index in [4.69, 9.17) is 10.5 Å². The molecular weight excluding hydrogens is 304 g/mol. The molecule has 5 nitrogen and oxygen atoms in total. The Hall–Kier alpha value is -2.37. The van der Waals surface area contributed by atoms with Gasteiger partial charge in [-0.05, 0) is 49.1 Å². The van der Waals surface area contributed by atoms with Gasteiger partial charge in [-0.15, -0.1) is 0 Å². The van der Waals surface area contributed by atoms with Crippen molar-refractivity contribution in [2.75, 3.05) is 13.1 Å². The molecule has 5 heteroatoms. The minimum Gasteiger partial charge on any atom is -0.411 e. The lowest BCUT2D eigenvalue weighted by atomic mass is 10.1. The van der Waals surface area contributed by atoms with Gasteiger partial charge in [-0.1, -0.05) is 42.5 Å². The van der Waals surface area contributed by atoms with E-state index in [1.807, 2.05) is 30.3 Å². The second-order valence-electron chi connectivity index (χ2n) is 5.70. The lowest BCUT2D eigenvalue weighted by Gasteiger charge is -2.12. The fourth-order valence-electron chi connectivity index (χ4n) is 2.42. The highest BCUT2D eigenvalue weighted by Gasteiger charge is 2.04. The Morgan fingerprint density at radius 3 is 2.38 bits per heavy atom. The summed E-state index contributed by atoms with van der Waals surface area (Å²) >= 11 is 0. The van der Waals surface area contributed by atoms with Crippen LogP contribution in [0.4, 0.5) is 4.79 Å². The number of aliphatic hydroxyl groups excluding tert-OH is 1. The molecule has 2 aromatic carbocycles. The number of primary amides is 1. The molecule has 4 N–H and O–H groups in total. The summed E-state index contributed by atoms with van der Waals surface area (Å²) in [6.07, 6.45) is 1.30. The fraction of sp³-hybridized carbons (Fsp3) is 0.316. The number of hydrogen-bond donors (Lipinski definition) is 3. The molecule has 0 aliphatic heterocycles. The maximum atomic E-state index is 10.6. The molecule has 24 heavy (non-hydrogen) atoms. The molecule has 0 heterocycles. The molecule has 1 atom stereocenters. The zero-order valence-corrected chi connectivity index (χ0v) is 13.7. The smallest absolute Gasteiger partial charge is 0.409 e. The standard InChI is InChI=1S/C19H24N2O3/c20-19(23)24-18-10-7-16(8-11-18)12-13-21-14-17(22)9-6-15-4-2-1-3-5-15/h1-5,7-8,10-11,17,21-22H,6,9,12-14H2,(H2,20,23)/t17-/m1/s1. The number of aryl methyl sites for hydroxylation is 1. The van der Waals surface area contributed by atoms with Crippen LogP contribution in [-0.2, 0) is 12.8 Å². The summed E-state index contributed by atoms with van der Waals surface area (Å²) < 4.78 is 4.78. The highest BCUT2D eigenvalue weighted by Crippen LogP contribution is 2.12. The van der Waals surface area contributed by atoms with Gasteiger partial charge in [0, 0.05) is 6.54 Å². The van der Waals surface area contributed by atoms with Crippen LogP contribution < -0.4 is 15.8 Å². The largest absolute Gasteiger partial charge is 0.411 e. The van der Waals surface area contributed by atoms with Crippen molar-refractivity contribution in [1.29, 1.82) is 0 Å². The molecule has 128 valence electrons. The Morgan fingerprint density at radius 2 is 1.71 bits per heavy atom. The summed E-state index contributed by atoms with van der Waals surface area (Å²) in [4.78, 5) is 10.6. The minimum atomic E-state index is -0.811. The summed E-state index contributed by atoms with van der Waals surface area (Å²) in [5.74, 6) is 0.440. The van der Waals surface area contributed by atoms with E-state index in [0.717, 1.165) is 31.4 Å². The van der Waals surface area contributed by atoms with Crippen LogP contribution >= 0.6 is 0 Å². The van der Waals surface area contributed by atoms with Crippen LogP contribution in [0.2, 0.25) is 0 Å². The number of carbonyl (C=O) groups is 1. The summed E-state index contributed by atoms with van der Waals surface area (Å²) in [5, 5.41) is 13.3. The number of hydrogen-bond acceptors (Lipinski definition) is 4. The molecule has 0 saturated carbocycles. The van der Waals surface area contributed by atoms with Gasteiger partial charge in [0.1, 0.15) is 5.75 Å². The number of carbonyl (C=O) groups excluding carboxylic acids is 1. The van der Waals surface area contributed by atoms with Crippen molar-refractivity contribution in [3.05, 3.63) is 65.7 Å². The summed E-state index contributed by atoms with van der Waals surface area (Å²) in [5.41, 5.74) is 7.32. The van der Waals surface area contributed by atoms with Gasteiger partial charge >= 0.3 is 6.09 Å². The molecule has 0 bridgehead atoms. The Kier molecular flexibility index (Phi) is 7.26. The van der Waals surface area contributed by atoms with Gasteiger partial charge in [-0.3, -0.25) is 0 Å². The highest BCUT2D eigenvalue weighted by molar-refractivity contribution is 5.67. The van der Waals surface area contributed by atoms with Gasteiger partial charge in [-0.25, -0.2) is 4.79 Å². The van der Waals surface area contributed by atoms with Crippen LogP contribution in [0.5, 0.6) is 5.75 Å². The van der Waals surface area contributed by atoms with Crippen molar-refractivity contribution in [2.45, 2.75) is 25.4 Å². The number of amides is 1.